The quantitative estimate of drug-likeness (QED) is 0.634. The Balaban J connectivity index is 1.77. The summed E-state index contributed by atoms with van der Waals surface area (Å²) in [6.07, 6.45) is 5.11. The fraction of sp³-hybridized carbons (Fsp3) is 0.333. The number of fused-ring (bicyclic) bond motifs is 1. The second kappa shape index (κ2) is 7.01. The number of para-hydroxylation sites is 1. The van der Waals surface area contributed by atoms with Crippen molar-refractivity contribution in [2.24, 2.45) is 5.92 Å². The van der Waals surface area contributed by atoms with Gasteiger partial charge in [-0.25, -0.2) is 9.97 Å². The summed E-state index contributed by atoms with van der Waals surface area (Å²) in [7, 11) is 0. The van der Waals surface area contributed by atoms with Crippen molar-refractivity contribution in [1.82, 2.24) is 9.97 Å². The maximum Gasteiger partial charge on any atom is 0.162 e. The van der Waals surface area contributed by atoms with Gasteiger partial charge in [0.2, 0.25) is 0 Å². The Kier molecular flexibility index (Phi) is 4.58. The largest absolute Gasteiger partial charge is 0.366 e. The van der Waals surface area contributed by atoms with Gasteiger partial charge in [0.05, 0.1) is 5.52 Å². The summed E-state index contributed by atoms with van der Waals surface area (Å²) < 4.78 is 0. The van der Waals surface area contributed by atoms with E-state index in [-0.39, 0.29) is 0 Å². The molecule has 1 aliphatic carbocycles. The molecule has 0 saturated heterocycles. The zero-order valence-electron chi connectivity index (χ0n) is 14.4. The van der Waals surface area contributed by atoms with Crippen molar-refractivity contribution < 1.29 is 0 Å². The van der Waals surface area contributed by atoms with Crippen LogP contribution in [0.4, 0.5) is 5.82 Å². The number of nitrogens with one attached hydrogen (secondary N) is 1. The molecule has 1 aromatic heterocycles. The zero-order valence-corrected chi connectivity index (χ0v) is 15.1. The van der Waals surface area contributed by atoms with Crippen LogP contribution in [0.5, 0.6) is 0 Å². The summed E-state index contributed by atoms with van der Waals surface area (Å²) in [6, 6.07) is 16.4. The first-order valence-corrected chi connectivity index (χ1v) is 9.38. The van der Waals surface area contributed by atoms with Crippen LogP contribution in [0.3, 0.4) is 0 Å². The summed E-state index contributed by atoms with van der Waals surface area (Å²) in [5, 5.41) is 5.52. The Bertz CT molecular complexity index is 876. The fourth-order valence-corrected chi connectivity index (χ4v) is 3.75. The van der Waals surface area contributed by atoms with Gasteiger partial charge in [0.1, 0.15) is 5.82 Å². The summed E-state index contributed by atoms with van der Waals surface area (Å²) in [5.74, 6) is 2.34. The average Bonchev–Trinajstić information content (AvgIpc) is 2.64. The number of aromatic nitrogens is 2. The lowest BCUT2D eigenvalue weighted by Gasteiger charge is -2.30. The van der Waals surface area contributed by atoms with E-state index in [2.05, 4.69) is 18.3 Å². The van der Waals surface area contributed by atoms with E-state index in [1.807, 2.05) is 42.5 Å². The van der Waals surface area contributed by atoms with Gasteiger partial charge in [-0.2, -0.15) is 0 Å². The average molecular weight is 352 g/mol. The third kappa shape index (κ3) is 3.47. The summed E-state index contributed by atoms with van der Waals surface area (Å²) in [5.41, 5.74) is 1.95. The number of halogens is 1. The summed E-state index contributed by atoms with van der Waals surface area (Å²) >= 11 is 6.02. The maximum atomic E-state index is 6.02. The highest BCUT2D eigenvalue weighted by Crippen LogP contribution is 2.30. The molecule has 1 saturated carbocycles. The van der Waals surface area contributed by atoms with E-state index in [0.29, 0.717) is 12.0 Å². The number of benzene rings is 2. The molecule has 0 radical (unpaired) electrons. The molecule has 2 unspecified atom stereocenters. The molecule has 0 bridgehead atoms. The van der Waals surface area contributed by atoms with Crippen molar-refractivity contribution in [2.75, 3.05) is 5.32 Å². The molecule has 4 heteroatoms. The standard InChI is InChI=1S/C21H22ClN3/c1-14-6-2-4-8-18(14)23-21-17-7-3-5-9-19(17)24-20(25-21)15-10-12-16(22)13-11-15/h3,5,7,9-14,18H,2,4,6,8H2,1H3,(H,23,24,25). The molecular formula is C21H22ClN3. The van der Waals surface area contributed by atoms with Gasteiger partial charge in [0, 0.05) is 22.0 Å². The SMILES string of the molecule is CC1CCCCC1Nc1nc(-c2ccc(Cl)cc2)nc2ccccc12. The molecule has 1 heterocycles. The van der Waals surface area contributed by atoms with Crippen LogP contribution in [0.2, 0.25) is 5.02 Å². The minimum absolute atomic E-state index is 0.477. The number of anilines is 1. The van der Waals surface area contributed by atoms with Gasteiger partial charge in [-0.3, -0.25) is 0 Å². The van der Waals surface area contributed by atoms with Crippen molar-refractivity contribution >= 4 is 28.3 Å². The smallest absolute Gasteiger partial charge is 0.162 e. The predicted molar refractivity (Wildman–Crippen MR) is 105 cm³/mol. The van der Waals surface area contributed by atoms with Gasteiger partial charge in [0.25, 0.3) is 0 Å². The lowest BCUT2D eigenvalue weighted by Crippen LogP contribution is -2.30. The molecule has 1 fully saturated rings. The Morgan fingerprint density at radius 1 is 0.960 bits per heavy atom. The normalized spacial score (nSPS) is 20.6. The van der Waals surface area contributed by atoms with Gasteiger partial charge in [-0.1, -0.05) is 43.5 Å². The molecule has 1 aliphatic rings. The third-order valence-electron chi connectivity index (χ3n) is 5.14. The van der Waals surface area contributed by atoms with Crippen molar-refractivity contribution in [2.45, 2.75) is 38.6 Å². The molecule has 4 rings (SSSR count). The van der Waals surface area contributed by atoms with Crippen molar-refractivity contribution in [3.63, 3.8) is 0 Å². The van der Waals surface area contributed by atoms with Crippen LogP contribution < -0.4 is 5.32 Å². The molecule has 0 amide bonds. The molecule has 128 valence electrons. The van der Waals surface area contributed by atoms with Crippen LogP contribution in [0.25, 0.3) is 22.3 Å². The van der Waals surface area contributed by atoms with E-state index in [4.69, 9.17) is 21.6 Å². The van der Waals surface area contributed by atoms with Crippen LogP contribution in [0.15, 0.2) is 48.5 Å². The Hall–Kier alpha value is -2.13. The molecule has 1 N–H and O–H groups in total. The highest BCUT2D eigenvalue weighted by atomic mass is 35.5. The van der Waals surface area contributed by atoms with Crippen molar-refractivity contribution in [3.05, 3.63) is 53.6 Å². The van der Waals surface area contributed by atoms with Gasteiger partial charge in [0.15, 0.2) is 5.82 Å². The maximum absolute atomic E-state index is 6.02. The number of nitrogens with zero attached hydrogens (tertiary/aromatic N) is 2. The molecule has 3 aromatic rings. The van der Waals surface area contributed by atoms with Crippen molar-refractivity contribution in [1.29, 1.82) is 0 Å². The number of rotatable bonds is 3. The lowest BCUT2D eigenvalue weighted by molar-refractivity contribution is 0.349. The van der Waals surface area contributed by atoms with Gasteiger partial charge in [-0.05, 0) is 55.2 Å². The second-order valence-corrected chi connectivity index (χ2v) is 7.37. The van der Waals surface area contributed by atoms with Gasteiger partial charge < -0.3 is 5.32 Å². The van der Waals surface area contributed by atoms with Crippen LogP contribution in [0, 0.1) is 5.92 Å². The van der Waals surface area contributed by atoms with E-state index >= 15 is 0 Å². The van der Waals surface area contributed by atoms with Crippen LogP contribution in [-0.4, -0.2) is 16.0 Å². The van der Waals surface area contributed by atoms with Crippen LogP contribution in [0.1, 0.15) is 32.6 Å². The lowest BCUT2D eigenvalue weighted by atomic mass is 9.86. The van der Waals surface area contributed by atoms with Gasteiger partial charge >= 0.3 is 0 Å². The third-order valence-corrected chi connectivity index (χ3v) is 5.39. The van der Waals surface area contributed by atoms with E-state index in [0.717, 1.165) is 33.1 Å². The first-order chi connectivity index (χ1) is 12.2. The monoisotopic (exact) mass is 351 g/mol. The molecular weight excluding hydrogens is 330 g/mol. The minimum Gasteiger partial charge on any atom is -0.366 e. The van der Waals surface area contributed by atoms with E-state index in [1.165, 1.54) is 25.7 Å². The van der Waals surface area contributed by atoms with Crippen LogP contribution >= 0.6 is 11.6 Å². The van der Waals surface area contributed by atoms with E-state index in [1.54, 1.807) is 0 Å². The predicted octanol–water partition coefficient (Wildman–Crippen LogP) is 5.94. The summed E-state index contributed by atoms with van der Waals surface area (Å²) in [6.45, 7) is 2.33. The van der Waals surface area contributed by atoms with E-state index in [9.17, 15) is 0 Å². The second-order valence-electron chi connectivity index (χ2n) is 6.93. The number of hydrogen-bond donors (Lipinski definition) is 1. The first kappa shape index (κ1) is 16.3. The Labute approximate surface area is 153 Å². The Morgan fingerprint density at radius 2 is 1.72 bits per heavy atom. The molecule has 25 heavy (non-hydrogen) atoms. The molecule has 0 aliphatic heterocycles. The molecule has 2 aromatic carbocycles. The highest BCUT2D eigenvalue weighted by molar-refractivity contribution is 6.30. The zero-order chi connectivity index (χ0) is 17.2. The molecule has 2 atom stereocenters. The van der Waals surface area contributed by atoms with Crippen LogP contribution in [-0.2, 0) is 0 Å². The number of hydrogen-bond acceptors (Lipinski definition) is 3. The summed E-state index contributed by atoms with van der Waals surface area (Å²) in [4.78, 5) is 9.62. The molecule has 0 spiro atoms. The van der Waals surface area contributed by atoms with Gasteiger partial charge in [-0.15, -0.1) is 0 Å². The molecule has 3 nitrogen and oxygen atoms in total. The topological polar surface area (TPSA) is 37.8 Å². The van der Waals surface area contributed by atoms with E-state index < -0.39 is 0 Å². The fourth-order valence-electron chi connectivity index (χ4n) is 3.62. The minimum atomic E-state index is 0.477. The first-order valence-electron chi connectivity index (χ1n) is 9.00. The van der Waals surface area contributed by atoms with Crippen molar-refractivity contribution in [3.8, 4) is 11.4 Å². The highest BCUT2D eigenvalue weighted by Gasteiger charge is 2.22. The Morgan fingerprint density at radius 3 is 2.52 bits per heavy atom.